The summed E-state index contributed by atoms with van der Waals surface area (Å²) in [6.07, 6.45) is 7.69. The van der Waals surface area contributed by atoms with E-state index in [0.717, 1.165) is 59.8 Å². The van der Waals surface area contributed by atoms with Gasteiger partial charge >= 0.3 is 0 Å². The molecular formula is C25H28N4O3. The van der Waals surface area contributed by atoms with Crippen LogP contribution in [0.25, 0.3) is 17.5 Å². The van der Waals surface area contributed by atoms with E-state index in [1.165, 1.54) is 12.5 Å². The van der Waals surface area contributed by atoms with Crippen molar-refractivity contribution >= 4 is 17.7 Å². The number of nitrogens with zero attached hydrogens (tertiary/aromatic N) is 3. The molecule has 2 aromatic carbocycles. The fourth-order valence-electron chi connectivity index (χ4n) is 3.87. The quantitative estimate of drug-likeness (QED) is 0.574. The summed E-state index contributed by atoms with van der Waals surface area (Å²) in [6.45, 7) is 2.90. The third-order valence-electron chi connectivity index (χ3n) is 5.66. The molecule has 7 nitrogen and oxygen atoms in total. The van der Waals surface area contributed by atoms with Crippen molar-refractivity contribution < 1.29 is 14.3 Å². The zero-order valence-electron chi connectivity index (χ0n) is 18.7. The van der Waals surface area contributed by atoms with E-state index in [-0.39, 0.29) is 5.91 Å². The van der Waals surface area contributed by atoms with Gasteiger partial charge in [0, 0.05) is 36.4 Å². The van der Waals surface area contributed by atoms with Gasteiger partial charge in [0.25, 0.3) is 0 Å². The van der Waals surface area contributed by atoms with Crippen LogP contribution in [-0.2, 0) is 17.8 Å². The van der Waals surface area contributed by atoms with Gasteiger partial charge in [0.1, 0.15) is 17.3 Å². The Kier molecular flexibility index (Phi) is 6.54. The molecule has 0 radical (unpaired) electrons. The molecule has 1 aromatic heterocycles. The van der Waals surface area contributed by atoms with Crippen LogP contribution in [0.1, 0.15) is 36.2 Å². The SMILES string of the molecule is COc1cc(/C=C/C(=O)Nc2cc(-c3nnc4n3CCCCC4)ccc2C)cc(OC)c1. The van der Waals surface area contributed by atoms with Crippen LogP contribution in [0, 0.1) is 6.92 Å². The molecule has 166 valence electrons. The van der Waals surface area contributed by atoms with Crippen LogP contribution < -0.4 is 14.8 Å². The number of nitrogens with one attached hydrogen (secondary N) is 1. The molecule has 1 amide bonds. The zero-order chi connectivity index (χ0) is 22.5. The number of carbonyl (C=O) groups excluding carboxylic acids is 1. The molecule has 1 N–H and O–H groups in total. The van der Waals surface area contributed by atoms with Crippen molar-refractivity contribution in [1.29, 1.82) is 0 Å². The highest BCUT2D eigenvalue weighted by molar-refractivity contribution is 6.02. The first-order valence-electron chi connectivity index (χ1n) is 10.8. The van der Waals surface area contributed by atoms with E-state index in [4.69, 9.17) is 9.47 Å². The molecule has 0 unspecified atom stereocenters. The van der Waals surface area contributed by atoms with Crippen molar-refractivity contribution in [3.8, 4) is 22.9 Å². The number of benzene rings is 2. The molecule has 1 aliphatic heterocycles. The Hall–Kier alpha value is -3.61. The highest BCUT2D eigenvalue weighted by Gasteiger charge is 2.17. The van der Waals surface area contributed by atoms with E-state index < -0.39 is 0 Å². The van der Waals surface area contributed by atoms with E-state index in [9.17, 15) is 4.79 Å². The third kappa shape index (κ3) is 4.82. The second-order valence-corrected chi connectivity index (χ2v) is 7.90. The predicted octanol–water partition coefficient (Wildman–Crippen LogP) is 4.65. The van der Waals surface area contributed by atoms with Gasteiger partial charge in [0.2, 0.25) is 5.91 Å². The number of hydrogen-bond acceptors (Lipinski definition) is 5. The number of aromatic nitrogens is 3. The fourth-order valence-corrected chi connectivity index (χ4v) is 3.87. The van der Waals surface area contributed by atoms with Gasteiger partial charge in [-0.25, -0.2) is 0 Å². The second-order valence-electron chi connectivity index (χ2n) is 7.90. The topological polar surface area (TPSA) is 78.3 Å². The van der Waals surface area contributed by atoms with E-state index >= 15 is 0 Å². The van der Waals surface area contributed by atoms with E-state index in [1.54, 1.807) is 26.4 Å². The first-order chi connectivity index (χ1) is 15.6. The van der Waals surface area contributed by atoms with Crippen LogP contribution in [0.2, 0.25) is 0 Å². The van der Waals surface area contributed by atoms with E-state index in [1.807, 2.05) is 37.3 Å². The second kappa shape index (κ2) is 9.68. The zero-order valence-corrected chi connectivity index (χ0v) is 18.7. The minimum atomic E-state index is -0.216. The van der Waals surface area contributed by atoms with Gasteiger partial charge < -0.3 is 19.4 Å². The minimum Gasteiger partial charge on any atom is -0.497 e. The largest absolute Gasteiger partial charge is 0.497 e. The number of carbonyl (C=O) groups is 1. The molecule has 32 heavy (non-hydrogen) atoms. The molecule has 1 aliphatic rings. The summed E-state index contributed by atoms with van der Waals surface area (Å²) in [6, 6.07) is 11.5. The molecule has 4 rings (SSSR count). The lowest BCUT2D eigenvalue weighted by Crippen LogP contribution is -2.09. The molecular weight excluding hydrogens is 404 g/mol. The summed E-state index contributed by atoms with van der Waals surface area (Å²) < 4.78 is 12.8. The van der Waals surface area contributed by atoms with E-state index in [0.29, 0.717) is 11.5 Å². The van der Waals surface area contributed by atoms with Crippen LogP contribution in [0.3, 0.4) is 0 Å². The number of hydrogen-bond donors (Lipinski definition) is 1. The highest BCUT2D eigenvalue weighted by atomic mass is 16.5. The number of amides is 1. The molecule has 0 saturated carbocycles. The van der Waals surface area contributed by atoms with Gasteiger partial charge in [-0.3, -0.25) is 4.79 Å². The van der Waals surface area contributed by atoms with Gasteiger partial charge in [0.05, 0.1) is 14.2 Å². The highest BCUT2D eigenvalue weighted by Crippen LogP contribution is 2.27. The summed E-state index contributed by atoms with van der Waals surface area (Å²) in [5.74, 6) is 3.02. The summed E-state index contributed by atoms with van der Waals surface area (Å²) >= 11 is 0. The Morgan fingerprint density at radius 1 is 1.03 bits per heavy atom. The molecule has 0 bridgehead atoms. The van der Waals surface area contributed by atoms with Gasteiger partial charge in [-0.1, -0.05) is 18.6 Å². The average Bonchev–Trinajstić information content (AvgIpc) is 3.06. The Balaban J connectivity index is 1.53. The van der Waals surface area contributed by atoms with Crippen LogP contribution in [-0.4, -0.2) is 34.9 Å². The first-order valence-corrected chi connectivity index (χ1v) is 10.8. The van der Waals surface area contributed by atoms with Crippen molar-refractivity contribution in [2.45, 2.75) is 39.2 Å². The van der Waals surface area contributed by atoms with Gasteiger partial charge in [-0.2, -0.15) is 0 Å². The fraction of sp³-hybridized carbons (Fsp3) is 0.320. The molecule has 0 spiro atoms. The maximum atomic E-state index is 12.6. The average molecular weight is 433 g/mol. The number of aryl methyl sites for hydroxylation is 2. The van der Waals surface area contributed by atoms with Gasteiger partial charge in [-0.15, -0.1) is 10.2 Å². The van der Waals surface area contributed by atoms with Crippen molar-refractivity contribution in [1.82, 2.24) is 14.8 Å². The summed E-state index contributed by atoms with van der Waals surface area (Å²) in [7, 11) is 3.19. The van der Waals surface area contributed by atoms with Crippen LogP contribution in [0.5, 0.6) is 11.5 Å². The van der Waals surface area contributed by atoms with E-state index in [2.05, 4.69) is 20.1 Å². The number of anilines is 1. The molecule has 0 aliphatic carbocycles. The van der Waals surface area contributed by atoms with Crippen LogP contribution in [0.4, 0.5) is 5.69 Å². The van der Waals surface area contributed by atoms with Gasteiger partial charge in [0.15, 0.2) is 5.82 Å². The van der Waals surface area contributed by atoms with Gasteiger partial charge in [-0.05, 0) is 55.2 Å². The van der Waals surface area contributed by atoms with Crippen molar-refractivity contribution in [2.75, 3.05) is 19.5 Å². The molecule has 0 saturated heterocycles. The molecule has 0 fully saturated rings. The smallest absolute Gasteiger partial charge is 0.248 e. The Morgan fingerprint density at radius 3 is 2.56 bits per heavy atom. The van der Waals surface area contributed by atoms with Crippen LogP contribution in [0.15, 0.2) is 42.5 Å². The summed E-state index contributed by atoms with van der Waals surface area (Å²) in [4.78, 5) is 12.6. The Labute approximate surface area is 188 Å². The molecule has 3 aromatic rings. The molecule has 7 heteroatoms. The summed E-state index contributed by atoms with van der Waals surface area (Å²) in [5.41, 5.74) is 3.50. The minimum absolute atomic E-state index is 0.216. The lowest BCUT2D eigenvalue weighted by atomic mass is 10.1. The summed E-state index contributed by atoms with van der Waals surface area (Å²) in [5, 5.41) is 11.8. The maximum Gasteiger partial charge on any atom is 0.248 e. The maximum absolute atomic E-state index is 12.6. The Morgan fingerprint density at radius 2 is 1.81 bits per heavy atom. The van der Waals surface area contributed by atoms with Crippen molar-refractivity contribution in [3.05, 3.63) is 59.4 Å². The number of fused-ring (bicyclic) bond motifs is 1. The lowest BCUT2D eigenvalue weighted by Gasteiger charge is -2.11. The molecule has 2 heterocycles. The standard InChI is InChI=1S/C25H28N4O3/c1-17-8-10-19(25-28-27-23-7-5-4-6-12-29(23)25)15-22(17)26-24(30)11-9-18-13-20(31-2)16-21(14-18)32-3/h8-11,13-16H,4-7,12H2,1-3H3,(H,26,30)/b11-9+. The number of rotatable bonds is 6. The van der Waals surface area contributed by atoms with Crippen molar-refractivity contribution in [3.63, 3.8) is 0 Å². The first kappa shape index (κ1) is 21.6. The monoisotopic (exact) mass is 432 g/mol. The number of methoxy groups -OCH3 is 2. The van der Waals surface area contributed by atoms with Crippen molar-refractivity contribution in [2.24, 2.45) is 0 Å². The number of ether oxygens (including phenoxy) is 2. The third-order valence-corrected chi connectivity index (χ3v) is 5.66. The molecule has 0 atom stereocenters. The normalized spacial score (nSPS) is 13.5. The van der Waals surface area contributed by atoms with Crippen LogP contribution >= 0.6 is 0 Å². The lowest BCUT2D eigenvalue weighted by molar-refractivity contribution is -0.111. The predicted molar refractivity (Wildman–Crippen MR) is 125 cm³/mol. The Bertz CT molecular complexity index is 1130.